The lowest BCUT2D eigenvalue weighted by atomic mass is 9.87. The smallest absolute Gasteiger partial charge is 0.293 e. The number of rotatable bonds is 8. The van der Waals surface area contributed by atoms with Crippen LogP contribution in [0.2, 0.25) is 0 Å². The number of nitrogens with zero attached hydrogens (tertiary/aromatic N) is 1. The van der Waals surface area contributed by atoms with Crippen LogP contribution in [-0.2, 0) is 16.8 Å². The Kier molecular flexibility index (Phi) is 7.85. The molecule has 0 spiro atoms. The van der Waals surface area contributed by atoms with E-state index in [4.69, 9.17) is 9.47 Å². The van der Waals surface area contributed by atoms with Crippen molar-refractivity contribution in [2.24, 2.45) is 0 Å². The molecule has 0 saturated carbocycles. The first-order valence-electron chi connectivity index (χ1n) is 12.0. The third kappa shape index (κ3) is 6.58. The van der Waals surface area contributed by atoms with Crippen LogP contribution in [0.3, 0.4) is 0 Å². The maximum Gasteiger partial charge on any atom is 0.293 e. The Morgan fingerprint density at radius 3 is 2.25 bits per heavy atom. The minimum atomic E-state index is -0.274. The first-order chi connectivity index (χ1) is 17.2. The molecule has 1 aliphatic heterocycles. The molecule has 0 bridgehead atoms. The molecule has 0 atom stereocenters. The van der Waals surface area contributed by atoms with Gasteiger partial charge in [0.05, 0.1) is 11.4 Å². The van der Waals surface area contributed by atoms with Gasteiger partial charge in [-0.05, 0) is 71.1 Å². The number of aryl methyl sites for hydroxylation is 1. The Hall–Kier alpha value is -3.51. The highest BCUT2D eigenvalue weighted by Crippen LogP contribution is 2.33. The van der Waals surface area contributed by atoms with Crippen LogP contribution in [0.5, 0.6) is 11.5 Å². The summed E-state index contributed by atoms with van der Waals surface area (Å²) in [6, 6.07) is 23.4. The molecule has 0 unspecified atom stereocenters. The van der Waals surface area contributed by atoms with Crippen molar-refractivity contribution in [3.8, 4) is 11.5 Å². The Labute approximate surface area is 217 Å². The van der Waals surface area contributed by atoms with Gasteiger partial charge in [-0.15, -0.1) is 0 Å². The van der Waals surface area contributed by atoms with E-state index in [2.05, 4.69) is 32.9 Å². The molecule has 3 aromatic rings. The number of thioether (sulfide) groups is 1. The first-order valence-corrected chi connectivity index (χ1v) is 12.8. The van der Waals surface area contributed by atoms with Crippen LogP contribution >= 0.6 is 11.8 Å². The molecule has 4 rings (SSSR count). The zero-order valence-corrected chi connectivity index (χ0v) is 21.9. The number of benzene rings is 3. The maximum atomic E-state index is 12.9. The first kappa shape index (κ1) is 25.6. The summed E-state index contributed by atoms with van der Waals surface area (Å²) >= 11 is 0.965. The molecule has 2 amide bonds. The molecule has 5 nitrogen and oxygen atoms in total. The molecule has 186 valence electrons. The van der Waals surface area contributed by atoms with E-state index in [1.807, 2.05) is 67.6 Å². The van der Waals surface area contributed by atoms with Crippen molar-refractivity contribution in [1.82, 2.24) is 4.90 Å². The number of hydrogen-bond donors (Lipinski definition) is 0. The SMILES string of the molecule is Cc1cccc(CN2C(=O)S/C(=C\c3cccc(OCCOc4ccc(C(C)(C)C)cc4)c3)C2=O)c1. The molecule has 1 fully saturated rings. The van der Waals surface area contributed by atoms with Gasteiger partial charge in [0, 0.05) is 0 Å². The number of imide groups is 1. The second kappa shape index (κ2) is 11.0. The van der Waals surface area contributed by atoms with Gasteiger partial charge < -0.3 is 9.47 Å². The average Bonchev–Trinajstić information content (AvgIpc) is 3.09. The molecule has 0 radical (unpaired) electrons. The Morgan fingerprint density at radius 2 is 1.56 bits per heavy atom. The summed E-state index contributed by atoms with van der Waals surface area (Å²) in [5, 5.41) is -0.257. The van der Waals surface area contributed by atoms with Crippen LogP contribution in [-0.4, -0.2) is 29.3 Å². The van der Waals surface area contributed by atoms with Gasteiger partial charge in [-0.25, -0.2) is 0 Å². The summed E-state index contributed by atoms with van der Waals surface area (Å²) in [6.07, 6.45) is 1.74. The van der Waals surface area contributed by atoms with Crippen molar-refractivity contribution in [3.63, 3.8) is 0 Å². The highest BCUT2D eigenvalue weighted by Gasteiger charge is 2.35. The highest BCUT2D eigenvalue weighted by atomic mass is 32.2. The van der Waals surface area contributed by atoms with Gasteiger partial charge in [-0.1, -0.05) is 74.9 Å². The van der Waals surface area contributed by atoms with Crippen LogP contribution < -0.4 is 9.47 Å². The van der Waals surface area contributed by atoms with Crippen molar-refractivity contribution in [3.05, 3.63) is 100.0 Å². The van der Waals surface area contributed by atoms with Gasteiger partial charge in [0.1, 0.15) is 24.7 Å². The fraction of sp³-hybridized carbons (Fsp3) is 0.267. The minimum absolute atomic E-state index is 0.107. The van der Waals surface area contributed by atoms with E-state index in [0.29, 0.717) is 23.9 Å². The summed E-state index contributed by atoms with van der Waals surface area (Å²) in [5.74, 6) is 1.21. The number of carbonyl (C=O) groups is 2. The van der Waals surface area contributed by atoms with Gasteiger partial charge in [0.25, 0.3) is 11.1 Å². The van der Waals surface area contributed by atoms with Gasteiger partial charge >= 0.3 is 0 Å². The predicted octanol–water partition coefficient (Wildman–Crippen LogP) is 6.99. The Bertz CT molecular complexity index is 1270. The third-order valence-corrected chi connectivity index (χ3v) is 6.70. The van der Waals surface area contributed by atoms with Crippen LogP contribution in [0.25, 0.3) is 6.08 Å². The summed E-state index contributed by atoms with van der Waals surface area (Å²) in [6.45, 7) is 9.60. The number of amides is 2. The van der Waals surface area contributed by atoms with E-state index in [-0.39, 0.29) is 23.1 Å². The van der Waals surface area contributed by atoms with E-state index in [0.717, 1.165) is 34.2 Å². The maximum absolute atomic E-state index is 12.9. The fourth-order valence-corrected chi connectivity index (χ4v) is 4.68. The van der Waals surface area contributed by atoms with Crippen molar-refractivity contribution >= 4 is 29.0 Å². The van der Waals surface area contributed by atoms with Crippen molar-refractivity contribution in [2.75, 3.05) is 13.2 Å². The van der Waals surface area contributed by atoms with E-state index < -0.39 is 0 Å². The molecule has 6 heteroatoms. The lowest BCUT2D eigenvalue weighted by Gasteiger charge is -2.19. The van der Waals surface area contributed by atoms with Crippen molar-refractivity contribution < 1.29 is 19.1 Å². The molecule has 36 heavy (non-hydrogen) atoms. The van der Waals surface area contributed by atoms with Crippen LogP contribution in [0.4, 0.5) is 4.79 Å². The van der Waals surface area contributed by atoms with Crippen LogP contribution in [0.1, 0.15) is 43.0 Å². The van der Waals surface area contributed by atoms with E-state index >= 15 is 0 Å². The van der Waals surface area contributed by atoms with Crippen LogP contribution in [0, 0.1) is 6.92 Å². The molecule has 3 aromatic carbocycles. The number of hydrogen-bond acceptors (Lipinski definition) is 5. The highest BCUT2D eigenvalue weighted by molar-refractivity contribution is 8.18. The molecular weight excluding hydrogens is 470 g/mol. The van der Waals surface area contributed by atoms with Crippen molar-refractivity contribution in [1.29, 1.82) is 0 Å². The molecule has 0 aromatic heterocycles. The Balaban J connectivity index is 1.32. The zero-order chi connectivity index (χ0) is 25.7. The third-order valence-electron chi connectivity index (χ3n) is 5.79. The summed E-state index contributed by atoms with van der Waals surface area (Å²) < 4.78 is 11.6. The molecule has 1 aliphatic rings. The van der Waals surface area contributed by atoms with Crippen LogP contribution in [0.15, 0.2) is 77.7 Å². The lowest BCUT2D eigenvalue weighted by molar-refractivity contribution is -0.123. The average molecular weight is 502 g/mol. The fourth-order valence-electron chi connectivity index (χ4n) is 3.85. The zero-order valence-electron chi connectivity index (χ0n) is 21.1. The lowest BCUT2D eigenvalue weighted by Crippen LogP contribution is -2.27. The Morgan fingerprint density at radius 1 is 0.861 bits per heavy atom. The summed E-state index contributed by atoms with van der Waals surface area (Å²) in [5.41, 5.74) is 4.19. The molecule has 1 saturated heterocycles. The normalized spacial score (nSPS) is 15.0. The summed E-state index contributed by atoms with van der Waals surface area (Å²) in [4.78, 5) is 27.1. The monoisotopic (exact) mass is 501 g/mol. The van der Waals surface area contributed by atoms with Gasteiger partial charge in [-0.2, -0.15) is 0 Å². The van der Waals surface area contributed by atoms with Gasteiger partial charge in [0.2, 0.25) is 0 Å². The molecule has 0 aliphatic carbocycles. The number of carbonyl (C=O) groups excluding carboxylic acids is 2. The van der Waals surface area contributed by atoms with Gasteiger partial charge in [0.15, 0.2) is 0 Å². The largest absolute Gasteiger partial charge is 0.490 e. The van der Waals surface area contributed by atoms with E-state index in [1.165, 1.54) is 10.5 Å². The standard InChI is InChI=1S/C30H31NO4S/c1-21-7-5-9-23(17-21)20-31-28(32)27(36-29(31)33)19-22-8-6-10-26(18-22)35-16-15-34-25-13-11-24(12-14-25)30(2,3)4/h5-14,17-19H,15-16,20H2,1-4H3/b27-19-. The number of ether oxygens (including phenoxy) is 2. The van der Waals surface area contributed by atoms with E-state index in [1.54, 1.807) is 6.08 Å². The topological polar surface area (TPSA) is 55.8 Å². The minimum Gasteiger partial charge on any atom is -0.490 e. The molecule has 1 heterocycles. The second-order valence-electron chi connectivity index (χ2n) is 9.80. The van der Waals surface area contributed by atoms with Gasteiger partial charge in [-0.3, -0.25) is 14.5 Å². The van der Waals surface area contributed by atoms with Crippen molar-refractivity contribution in [2.45, 2.75) is 39.7 Å². The summed E-state index contributed by atoms with van der Waals surface area (Å²) in [7, 11) is 0. The molecular formula is C30H31NO4S. The van der Waals surface area contributed by atoms with E-state index in [9.17, 15) is 9.59 Å². The predicted molar refractivity (Wildman–Crippen MR) is 145 cm³/mol. The second-order valence-corrected chi connectivity index (χ2v) is 10.8. The quantitative estimate of drug-likeness (QED) is 0.246. The molecule has 0 N–H and O–H groups in total.